The van der Waals surface area contributed by atoms with Gasteiger partial charge in [0.25, 0.3) is 0 Å². The van der Waals surface area contributed by atoms with Crippen LogP contribution in [0.15, 0.2) is 22.7 Å². The Morgan fingerprint density at radius 2 is 1.70 bits per heavy atom. The predicted molar refractivity (Wildman–Crippen MR) is 87.1 cm³/mol. The van der Waals surface area contributed by atoms with Gasteiger partial charge in [-0.15, -0.1) is 0 Å². The van der Waals surface area contributed by atoms with E-state index in [1.807, 2.05) is 6.07 Å². The molecule has 114 valence electrons. The second kappa shape index (κ2) is 8.11. The van der Waals surface area contributed by atoms with Crippen LogP contribution in [-0.2, 0) is 0 Å². The van der Waals surface area contributed by atoms with Gasteiger partial charge in [-0.1, -0.05) is 43.6 Å². The van der Waals surface area contributed by atoms with Crippen molar-refractivity contribution in [2.75, 3.05) is 19.6 Å². The van der Waals surface area contributed by atoms with Crippen LogP contribution in [0.1, 0.15) is 39.3 Å². The predicted octanol–water partition coefficient (Wildman–Crippen LogP) is 4.20. The lowest BCUT2D eigenvalue weighted by molar-refractivity contribution is 0.157. The highest BCUT2D eigenvalue weighted by Gasteiger charge is 2.23. The number of halogens is 2. The number of hydrogen-bond acceptors (Lipinski definition) is 2. The highest BCUT2D eigenvalue weighted by atomic mass is 79.9. The van der Waals surface area contributed by atoms with Crippen LogP contribution in [0.4, 0.5) is 4.39 Å². The van der Waals surface area contributed by atoms with Gasteiger partial charge in [-0.25, -0.2) is 4.39 Å². The van der Waals surface area contributed by atoms with Crippen molar-refractivity contribution in [2.45, 2.75) is 33.7 Å². The minimum atomic E-state index is -0.179. The lowest BCUT2D eigenvalue weighted by Gasteiger charge is -2.34. The third kappa shape index (κ3) is 5.15. The van der Waals surface area contributed by atoms with E-state index >= 15 is 0 Å². The van der Waals surface area contributed by atoms with Crippen LogP contribution in [0.2, 0.25) is 0 Å². The summed E-state index contributed by atoms with van der Waals surface area (Å²) < 4.78 is 15.0. The zero-order valence-corrected chi connectivity index (χ0v) is 14.5. The maximum Gasteiger partial charge on any atom is 0.128 e. The normalized spacial score (nSPS) is 13.5. The molecule has 4 heteroatoms. The summed E-state index contributed by atoms with van der Waals surface area (Å²) in [4.78, 5) is 2.31. The van der Waals surface area contributed by atoms with Crippen molar-refractivity contribution in [3.05, 3.63) is 34.1 Å². The van der Waals surface area contributed by atoms with Crippen molar-refractivity contribution in [3.8, 4) is 0 Å². The maximum absolute atomic E-state index is 14.1. The fourth-order valence-corrected chi connectivity index (χ4v) is 2.89. The molecule has 0 fully saturated rings. The van der Waals surface area contributed by atoms with E-state index in [0.717, 1.165) is 17.6 Å². The molecule has 0 bridgehead atoms. The van der Waals surface area contributed by atoms with Crippen molar-refractivity contribution in [2.24, 2.45) is 17.6 Å². The Bertz CT molecular complexity index is 411. The fourth-order valence-electron chi connectivity index (χ4n) is 2.51. The van der Waals surface area contributed by atoms with E-state index in [4.69, 9.17) is 5.73 Å². The molecule has 0 aliphatic rings. The molecule has 2 N–H and O–H groups in total. The van der Waals surface area contributed by atoms with E-state index < -0.39 is 0 Å². The summed E-state index contributed by atoms with van der Waals surface area (Å²) in [5, 5.41) is 0. The molecule has 1 aromatic carbocycles. The van der Waals surface area contributed by atoms with Gasteiger partial charge in [0.05, 0.1) is 0 Å². The summed E-state index contributed by atoms with van der Waals surface area (Å²) in [5.74, 6) is 0.872. The molecule has 0 heterocycles. The van der Waals surface area contributed by atoms with Gasteiger partial charge >= 0.3 is 0 Å². The lowest BCUT2D eigenvalue weighted by atomic mass is 10.0. The third-order valence-corrected chi connectivity index (χ3v) is 3.67. The molecule has 0 amide bonds. The largest absolute Gasteiger partial charge is 0.329 e. The SMILES string of the molecule is CC(C)CN(CC(C)C)C(CN)c1cc(Br)ccc1F. The molecule has 0 aliphatic carbocycles. The van der Waals surface area contributed by atoms with Crippen LogP contribution in [-0.4, -0.2) is 24.5 Å². The molecule has 2 nitrogen and oxygen atoms in total. The molecule has 1 aromatic rings. The van der Waals surface area contributed by atoms with Crippen LogP contribution in [0.5, 0.6) is 0 Å². The lowest BCUT2D eigenvalue weighted by Crippen LogP contribution is -2.39. The number of hydrogen-bond donors (Lipinski definition) is 1. The summed E-state index contributed by atoms with van der Waals surface area (Å²) in [6.07, 6.45) is 0. The molecule has 0 saturated heterocycles. The first-order valence-electron chi connectivity index (χ1n) is 7.24. The van der Waals surface area contributed by atoms with E-state index in [2.05, 4.69) is 48.5 Å². The first kappa shape index (κ1) is 17.6. The average Bonchev–Trinajstić information content (AvgIpc) is 2.32. The number of nitrogens with zero attached hydrogens (tertiary/aromatic N) is 1. The summed E-state index contributed by atoms with van der Waals surface area (Å²) in [7, 11) is 0. The molecule has 1 unspecified atom stereocenters. The zero-order valence-electron chi connectivity index (χ0n) is 12.9. The van der Waals surface area contributed by atoms with Gasteiger partial charge in [-0.3, -0.25) is 4.90 Å². The van der Waals surface area contributed by atoms with Crippen molar-refractivity contribution >= 4 is 15.9 Å². The van der Waals surface area contributed by atoms with Gasteiger partial charge in [0.1, 0.15) is 5.82 Å². The Labute approximate surface area is 130 Å². The summed E-state index contributed by atoms with van der Waals surface area (Å²) in [5.41, 5.74) is 6.64. The third-order valence-electron chi connectivity index (χ3n) is 3.18. The monoisotopic (exact) mass is 344 g/mol. The van der Waals surface area contributed by atoms with Crippen molar-refractivity contribution in [1.29, 1.82) is 0 Å². The Balaban J connectivity index is 3.07. The van der Waals surface area contributed by atoms with E-state index in [0.29, 0.717) is 23.9 Å². The van der Waals surface area contributed by atoms with Gasteiger partial charge in [-0.05, 0) is 30.0 Å². The van der Waals surface area contributed by atoms with E-state index in [-0.39, 0.29) is 11.9 Å². The Morgan fingerprint density at radius 3 is 2.15 bits per heavy atom. The topological polar surface area (TPSA) is 29.3 Å². The van der Waals surface area contributed by atoms with Gasteiger partial charge in [0, 0.05) is 35.7 Å². The van der Waals surface area contributed by atoms with Gasteiger partial charge in [0.2, 0.25) is 0 Å². The fraction of sp³-hybridized carbons (Fsp3) is 0.625. The number of nitrogens with two attached hydrogens (primary N) is 1. The zero-order chi connectivity index (χ0) is 15.3. The van der Waals surface area contributed by atoms with Crippen molar-refractivity contribution in [3.63, 3.8) is 0 Å². The van der Waals surface area contributed by atoms with Crippen molar-refractivity contribution in [1.82, 2.24) is 4.90 Å². The molecule has 1 atom stereocenters. The highest BCUT2D eigenvalue weighted by molar-refractivity contribution is 9.10. The first-order chi connectivity index (χ1) is 9.35. The molecule has 0 radical (unpaired) electrons. The standard InChI is InChI=1S/C16H26BrFN2/c1-11(2)9-20(10-12(3)4)16(8-19)14-7-13(17)5-6-15(14)18/h5-7,11-12,16H,8-10,19H2,1-4H3. The minimum absolute atomic E-state index is 0.0719. The highest BCUT2D eigenvalue weighted by Crippen LogP contribution is 2.27. The van der Waals surface area contributed by atoms with Crippen LogP contribution in [0, 0.1) is 17.7 Å². The van der Waals surface area contributed by atoms with Gasteiger partial charge in [-0.2, -0.15) is 0 Å². The summed E-state index contributed by atoms with van der Waals surface area (Å²) in [6, 6.07) is 5.00. The molecular weight excluding hydrogens is 319 g/mol. The van der Waals surface area contributed by atoms with Crippen LogP contribution >= 0.6 is 15.9 Å². The summed E-state index contributed by atoms with van der Waals surface area (Å²) >= 11 is 3.42. The molecule has 0 spiro atoms. The Kier molecular flexibility index (Phi) is 7.13. The Morgan fingerprint density at radius 1 is 1.15 bits per heavy atom. The molecule has 0 saturated carbocycles. The maximum atomic E-state index is 14.1. The van der Waals surface area contributed by atoms with Crippen LogP contribution in [0.3, 0.4) is 0 Å². The average molecular weight is 345 g/mol. The Hall–Kier alpha value is -0.450. The van der Waals surface area contributed by atoms with Gasteiger partial charge in [0.15, 0.2) is 0 Å². The smallest absolute Gasteiger partial charge is 0.128 e. The van der Waals surface area contributed by atoms with Crippen LogP contribution < -0.4 is 5.73 Å². The minimum Gasteiger partial charge on any atom is -0.329 e. The molecular formula is C16H26BrFN2. The summed E-state index contributed by atoms with van der Waals surface area (Å²) in [6.45, 7) is 11.0. The molecule has 0 aliphatic heterocycles. The van der Waals surface area contributed by atoms with Gasteiger partial charge < -0.3 is 5.73 Å². The van der Waals surface area contributed by atoms with E-state index in [1.54, 1.807) is 6.07 Å². The van der Waals surface area contributed by atoms with Crippen LogP contribution in [0.25, 0.3) is 0 Å². The molecule has 1 rings (SSSR count). The second-order valence-electron chi connectivity index (χ2n) is 6.16. The van der Waals surface area contributed by atoms with E-state index in [1.165, 1.54) is 6.07 Å². The molecule has 0 aromatic heterocycles. The number of benzene rings is 1. The first-order valence-corrected chi connectivity index (χ1v) is 8.03. The quantitative estimate of drug-likeness (QED) is 0.802. The molecule has 20 heavy (non-hydrogen) atoms. The number of rotatable bonds is 7. The van der Waals surface area contributed by atoms with Crippen molar-refractivity contribution < 1.29 is 4.39 Å². The second-order valence-corrected chi connectivity index (χ2v) is 7.07. The van der Waals surface area contributed by atoms with E-state index in [9.17, 15) is 4.39 Å².